The Labute approximate surface area is 177 Å². The molecule has 1 saturated heterocycles. The van der Waals surface area contributed by atoms with Crippen LogP contribution in [0.25, 0.3) is 6.08 Å². The molecule has 1 N–H and O–H groups in total. The number of amides is 3. The molecule has 156 valence electrons. The van der Waals surface area contributed by atoms with Gasteiger partial charge in [0.2, 0.25) is 0 Å². The van der Waals surface area contributed by atoms with Crippen LogP contribution in [0.3, 0.4) is 0 Å². The average Bonchev–Trinajstić information content (AvgIpc) is 3.20. The molecule has 0 atom stereocenters. The Kier molecular flexibility index (Phi) is 7.88. The number of hydrogen-bond donors (Lipinski definition) is 1. The molecule has 0 spiro atoms. The fourth-order valence-corrected chi connectivity index (χ4v) is 4.90. The van der Waals surface area contributed by atoms with Crippen molar-refractivity contribution in [2.75, 3.05) is 13.2 Å². The van der Waals surface area contributed by atoms with Gasteiger partial charge in [0.15, 0.2) is 6.61 Å². The van der Waals surface area contributed by atoms with Crippen LogP contribution in [0.15, 0.2) is 22.4 Å². The zero-order valence-corrected chi connectivity index (χ0v) is 17.7. The summed E-state index contributed by atoms with van der Waals surface area (Å²) in [5.74, 6) is -1.33. The lowest BCUT2D eigenvalue weighted by Gasteiger charge is -2.16. The Hall–Kier alpha value is -2.13. The molecule has 1 aromatic heterocycles. The molecule has 0 bridgehead atoms. The molecule has 0 unspecified atom stereocenters. The van der Waals surface area contributed by atoms with Crippen molar-refractivity contribution in [2.24, 2.45) is 0 Å². The summed E-state index contributed by atoms with van der Waals surface area (Å²) in [5, 5.41) is 4.39. The third-order valence-corrected chi connectivity index (χ3v) is 6.54. The Bertz CT molecular complexity index is 783. The second-order valence-corrected chi connectivity index (χ2v) is 8.99. The molecule has 7 nitrogen and oxygen atoms in total. The summed E-state index contributed by atoms with van der Waals surface area (Å²) in [6.07, 6.45) is 8.03. The van der Waals surface area contributed by atoms with Crippen molar-refractivity contribution in [3.05, 3.63) is 27.3 Å². The van der Waals surface area contributed by atoms with E-state index in [4.69, 9.17) is 4.74 Å². The topological polar surface area (TPSA) is 92.8 Å². The lowest BCUT2D eigenvalue weighted by atomic mass is 10.1. The van der Waals surface area contributed by atoms with Gasteiger partial charge in [0.1, 0.15) is 0 Å². The van der Waals surface area contributed by atoms with Gasteiger partial charge < -0.3 is 10.1 Å². The maximum atomic E-state index is 12.4. The molecular weight excluding hydrogens is 412 g/mol. The monoisotopic (exact) mass is 436 g/mol. The van der Waals surface area contributed by atoms with E-state index in [1.54, 1.807) is 6.08 Å². The van der Waals surface area contributed by atoms with Crippen LogP contribution in [0, 0.1) is 0 Å². The second kappa shape index (κ2) is 10.6. The number of carbonyl (C=O) groups is 4. The predicted molar refractivity (Wildman–Crippen MR) is 112 cm³/mol. The average molecular weight is 437 g/mol. The fourth-order valence-electron chi connectivity index (χ4n) is 3.31. The molecule has 2 heterocycles. The number of nitrogens with one attached hydrogen (secondary N) is 1. The Balaban J connectivity index is 1.40. The van der Waals surface area contributed by atoms with Gasteiger partial charge >= 0.3 is 5.97 Å². The quantitative estimate of drug-likeness (QED) is 0.399. The zero-order chi connectivity index (χ0) is 20.6. The van der Waals surface area contributed by atoms with E-state index in [-0.39, 0.29) is 31.5 Å². The van der Waals surface area contributed by atoms with E-state index in [1.807, 2.05) is 17.5 Å². The van der Waals surface area contributed by atoms with E-state index < -0.39 is 17.1 Å². The van der Waals surface area contributed by atoms with Crippen LogP contribution in [-0.4, -0.2) is 47.1 Å². The maximum absolute atomic E-state index is 12.4. The van der Waals surface area contributed by atoms with Crippen molar-refractivity contribution in [3.8, 4) is 0 Å². The summed E-state index contributed by atoms with van der Waals surface area (Å²) in [4.78, 5) is 50.6. The van der Waals surface area contributed by atoms with Crippen LogP contribution < -0.4 is 5.32 Å². The molecule has 29 heavy (non-hydrogen) atoms. The van der Waals surface area contributed by atoms with Crippen molar-refractivity contribution in [3.63, 3.8) is 0 Å². The zero-order valence-electron chi connectivity index (χ0n) is 16.1. The summed E-state index contributed by atoms with van der Waals surface area (Å²) >= 11 is 2.33. The van der Waals surface area contributed by atoms with Gasteiger partial charge in [-0.05, 0) is 42.1 Å². The van der Waals surface area contributed by atoms with Crippen molar-refractivity contribution in [2.45, 2.75) is 51.0 Å². The summed E-state index contributed by atoms with van der Waals surface area (Å²) in [6.45, 7) is -0.398. The Morgan fingerprint density at radius 3 is 2.66 bits per heavy atom. The lowest BCUT2D eigenvalue weighted by Crippen LogP contribution is -2.37. The first-order chi connectivity index (χ1) is 14.0. The highest BCUT2D eigenvalue weighted by Gasteiger charge is 2.35. The number of carbonyl (C=O) groups excluding carboxylic acids is 4. The van der Waals surface area contributed by atoms with Crippen LogP contribution in [-0.2, 0) is 19.1 Å². The van der Waals surface area contributed by atoms with Crippen molar-refractivity contribution >= 4 is 52.2 Å². The van der Waals surface area contributed by atoms with Crippen LogP contribution in [0.2, 0.25) is 0 Å². The molecule has 3 amide bonds. The van der Waals surface area contributed by atoms with Gasteiger partial charge in [-0.15, -0.1) is 11.3 Å². The minimum atomic E-state index is -0.609. The Morgan fingerprint density at radius 2 is 1.97 bits per heavy atom. The van der Waals surface area contributed by atoms with E-state index >= 15 is 0 Å². The number of esters is 1. The highest BCUT2D eigenvalue weighted by Crippen LogP contribution is 2.33. The molecule has 0 aromatic carbocycles. The molecule has 2 aliphatic rings. The third-order valence-electron chi connectivity index (χ3n) is 4.81. The van der Waals surface area contributed by atoms with Gasteiger partial charge in [0.25, 0.3) is 17.1 Å². The molecule has 1 aliphatic heterocycles. The summed E-state index contributed by atoms with van der Waals surface area (Å²) in [6, 6.07) is 3.87. The molecule has 1 aliphatic carbocycles. The minimum Gasteiger partial charge on any atom is -0.456 e. The number of hydrogen-bond acceptors (Lipinski definition) is 7. The third kappa shape index (κ3) is 6.43. The molecule has 3 rings (SSSR count). The number of rotatable bonds is 7. The minimum absolute atomic E-state index is 0.0600. The predicted octanol–water partition coefficient (Wildman–Crippen LogP) is 3.56. The summed E-state index contributed by atoms with van der Waals surface area (Å²) < 4.78 is 5.00. The molecule has 0 radical (unpaired) electrons. The largest absolute Gasteiger partial charge is 0.456 e. The normalized spacial score (nSPS) is 19.4. The Morgan fingerprint density at radius 1 is 1.21 bits per heavy atom. The van der Waals surface area contributed by atoms with Gasteiger partial charge in [-0.1, -0.05) is 31.7 Å². The van der Waals surface area contributed by atoms with E-state index in [0.29, 0.717) is 4.91 Å². The first-order valence-electron chi connectivity index (χ1n) is 9.77. The van der Waals surface area contributed by atoms with Crippen molar-refractivity contribution in [1.29, 1.82) is 0 Å². The SMILES string of the molecule is O=C(COC(=O)CCN1C(=O)SC(=Cc2cccs2)C1=O)NC1CCCCCC1. The smallest absolute Gasteiger partial charge is 0.308 e. The molecule has 2 fully saturated rings. The fraction of sp³-hybridized carbons (Fsp3) is 0.500. The van der Waals surface area contributed by atoms with E-state index in [9.17, 15) is 19.2 Å². The van der Waals surface area contributed by atoms with Gasteiger partial charge in [-0.2, -0.15) is 0 Å². The number of ether oxygens (including phenoxy) is 1. The highest BCUT2D eigenvalue weighted by molar-refractivity contribution is 8.18. The molecule has 9 heteroatoms. The molecular formula is C20H24N2O5S2. The number of imide groups is 1. The standard InChI is InChI=1S/C20H24N2O5S2/c23-17(21-14-6-3-1-2-4-7-14)13-27-18(24)9-10-22-19(25)16(29-20(22)26)12-15-8-5-11-28-15/h5,8,11-12,14H,1-4,6-7,9-10,13H2,(H,21,23). The molecule has 1 saturated carbocycles. The number of thiophene rings is 1. The van der Waals surface area contributed by atoms with Crippen LogP contribution in [0.4, 0.5) is 4.79 Å². The van der Waals surface area contributed by atoms with E-state index in [2.05, 4.69) is 5.32 Å². The van der Waals surface area contributed by atoms with Crippen LogP contribution >= 0.6 is 23.1 Å². The lowest BCUT2D eigenvalue weighted by molar-refractivity contribution is -0.149. The van der Waals surface area contributed by atoms with Crippen molar-refractivity contribution in [1.82, 2.24) is 10.2 Å². The number of nitrogens with zero attached hydrogens (tertiary/aromatic N) is 1. The van der Waals surface area contributed by atoms with E-state index in [0.717, 1.165) is 47.2 Å². The number of thioether (sulfide) groups is 1. The van der Waals surface area contributed by atoms with Gasteiger partial charge in [0, 0.05) is 17.5 Å². The van der Waals surface area contributed by atoms with E-state index in [1.165, 1.54) is 24.2 Å². The van der Waals surface area contributed by atoms with Gasteiger partial charge in [-0.3, -0.25) is 24.1 Å². The first kappa shape index (κ1) is 21.6. The first-order valence-corrected chi connectivity index (χ1v) is 11.5. The van der Waals surface area contributed by atoms with Crippen molar-refractivity contribution < 1.29 is 23.9 Å². The second-order valence-electron chi connectivity index (χ2n) is 7.02. The van der Waals surface area contributed by atoms with Gasteiger partial charge in [0.05, 0.1) is 11.3 Å². The maximum Gasteiger partial charge on any atom is 0.308 e. The summed E-state index contributed by atoms with van der Waals surface area (Å²) in [7, 11) is 0. The summed E-state index contributed by atoms with van der Waals surface area (Å²) in [5.41, 5.74) is 0. The highest BCUT2D eigenvalue weighted by atomic mass is 32.2. The van der Waals surface area contributed by atoms with Gasteiger partial charge in [-0.25, -0.2) is 0 Å². The van der Waals surface area contributed by atoms with Crippen LogP contribution in [0.1, 0.15) is 49.8 Å². The molecule has 1 aromatic rings. The van der Waals surface area contributed by atoms with Crippen LogP contribution in [0.5, 0.6) is 0 Å².